The summed E-state index contributed by atoms with van der Waals surface area (Å²) in [6.07, 6.45) is 0. The number of hydrogen-bond acceptors (Lipinski definition) is 3. The van der Waals surface area contributed by atoms with Gasteiger partial charge in [-0.25, -0.2) is 4.39 Å². The largest absolute Gasteiger partial charge is 0.342 e. The highest BCUT2D eigenvalue weighted by atomic mass is 19.1. The summed E-state index contributed by atoms with van der Waals surface area (Å²) in [6, 6.07) is 8.11. The number of nitrogens with zero attached hydrogens (tertiary/aromatic N) is 2. The Morgan fingerprint density at radius 2 is 2.22 bits per heavy atom. The molecule has 0 spiro atoms. The fourth-order valence-corrected chi connectivity index (χ4v) is 1.61. The lowest BCUT2D eigenvalue weighted by molar-refractivity contribution is -0.122. The molecule has 1 aromatic rings. The molecule has 0 aliphatic rings. The first kappa shape index (κ1) is 14.1. The Kier molecular flexibility index (Phi) is 5.28. The van der Waals surface area contributed by atoms with Crippen LogP contribution in [0.3, 0.4) is 0 Å². The minimum absolute atomic E-state index is 0.0131. The van der Waals surface area contributed by atoms with Crippen LogP contribution in [0.5, 0.6) is 0 Å². The Morgan fingerprint density at radius 1 is 1.56 bits per heavy atom. The fraction of sp³-hybridized carbons (Fsp3) is 0.385. The number of rotatable bonds is 5. The van der Waals surface area contributed by atoms with Crippen LogP contribution in [0.15, 0.2) is 24.3 Å². The molecule has 1 rings (SSSR count). The van der Waals surface area contributed by atoms with E-state index in [-0.39, 0.29) is 30.9 Å². The third kappa shape index (κ3) is 3.82. The van der Waals surface area contributed by atoms with Crippen molar-refractivity contribution < 1.29 is 9.18 Å². The maximum absolute atomic E-state index is 13.6. The third-order valence-corrected chi connectivity index (χ3v) is 2.77. The number of nitrogens with one attached hydrogen (secondary N) is 1. The number of halogens is 1. The van der Waals surface area contributed by atoms with E-state index in [0.717, 1.165) is 0 Å². The molecule has 1 aromatic carbocycles. The summed E-state index contributed by atoms with van der Waals surface area (Å²) >= 11 is 0. The third-order valence-electron chi connectivity index (χ3n) is 2.77. The van der Waals surface area contributed by atoms with E-state index in [1.165, 1.54) is 6.07 Å². The van der Waals surface area contributed by atoms with E-state index < -0.39 is 0 Å². The first-order valence-electron chi connectivity index (χ1n) is 5.64. The molecule has 4 nitrogen and oxygen atoms in total. The highest BCUT2D eigenvalue weighted by Crippen LogP contribution is 2.20. The molecule has 0 aliphatic carbocycles. The molecule has 0 aliphatic heterocycles. The maximum Gasteiger partial charge on any atom is 0.235 e. The van der Waals surface area contributed by atoms with Gasteiger partial charge in [-0.2, -0.15) is 5.26 Å². The fourth-order valence-electron chi connectivity index (χ4n) is 1.61. The summed E-state index contributed by atoms with van der Waals surface area (Å²) in [5, 5.41) is 10.8. The molecule has 0 aromatic heterocycles. The van der Waals surface area contributed by atoms with Crippen molar-refractivity contribution >= 4 is 5.91 Å². The van der Waals surface area contributed by atoms with E-state index in [0.29, 0.717) is 5.56 Å². The number of benzene rings is 1. The van der Waals surface area contributed by atoms with E-state index in [1.807, 2.05) is 13.0 Å². The van der Waals surface area contributed by atoms with Crippen LogP contribution in [0.25, 0.3) is 0 Å². The number of carbonyl (C=O) groups is 1. The van der Waals surface area contributed by atoms with Gasteiger partial charge in [0.25, 0.3) is 0 Å². The van der Waals surface area contributed by atoms with E-state index >= 15 is 0 Å². The van der Waals surface area contributed by atoms with E-state index in [9.17, 15) is 9.18 Å². The van der Waals surface area contributed by atoms with Crippen LogP contribution >= 0.6 is 0 Å². The average Bonchev–Trinajstić information content (AvgIpc) is 2.36. The molecule has 96 valence electrons. The SMILES string of the molecule is CC(c1ccccc1F)N(C)CC(=O)NCC#N. The zero-order valence-electron chi connectivity index (χ0n) is 10.5. The van der Waals surface area contributed by atoms with Crippen molar-refractivity contribution in [3.05, 3.63) is 35.6 Å². The van der Waals surface area contributed by atoms with Crippen molar-refractivity contribution in [2.75, 3.05) is 20.1 Å². The molecule has 0 saturated carbocycles. The first-order valence-corrected chi connectivity index (χ1v) is 5.64. The summed E-state index contributed by atoms with van der Waals surface area (Å²) in [7, 11) is 1.74. The predicted molar refractivity (Wildman–Crippen MR) is 66.1 cm³/mol. The van der Waals surface area contributed by atoms with Gasteiger partial charge in [-0.05, 0) is 20.0 Å². The molecule has 0 saturated heterocycles. The smallest absolute Gasteiger partial charge is 0.235 e. The second-order valence-corrected chi connectivity index (χ2v) is 4.05. The van der Waals surface area contributed by atoms with Gasteiger partial charge < -0.3 is 5.32 Å². The lowest BCUT2D eigenvalue weighted by Crippen LogP contribution is -2.36. The van der Waals surface area contributed by atoms with Crippen LogP contribution in [-0.4, -0.2) is 30.9 Å². The van der Waals surface area contributed by atoms with Gasteiger partial charge >= 0.3 is 0 Å². The number of likely N-dealkylation sites (N-methyl/N-ethyl adjacent to an activating group) is 1. The maximum atomic E-state index is 13.6. The molecule has 1 unspecified atom stereocenters. The van der Waals surface area contributed by atoms with Crippen molar-refractivity contribution in [1.82, 2.24) is 10.2 Å². The average molecular weight is 249 g/mol. The highest BCUT2D eigenvalue weighted by molar-refractivity contribution is 5.78. The summed E-state index contributed by atoms with van der Waals surface area (Å²) in [6.45, 7) is 1.94. The van der Waals surface area contributed by atoms with Gasteiger partial charge in [-0.1, -0.05) is 18.2 Å². The minimum Gasteiger partial charge on any atom is -0.342 e. The Labute approximate surface area is 106 Å². The zero-order valence-corrected chi connectivity index (χ0v) is 10.5. The van der Waals surface area contributed by atoms with Gasteiger partial charge in [-0.3, -0.25) is 9.69 Å². The van der Waals surface area contributed by atoms with Crippen LogP contribution in [0.4, 0.5) is 4.39 Å². The monoisotopic (exact) mass is 249 g/mol. The Morgan fingerprint density at radius 3 is 2.83 bits per heavy atom. The molecule has 0 bridgehead atoms. The van der Waals surface area contributed by atoms with Crippen LogP contribution in [-0.2, 0) is 4.79 Å². The van der Waals surface area contributed by atoms with E-state index in [2.05, 4.69) is 5.32 Å². The molecule has 1 amide bonds. The topological polar surface area (TPSA) is 56.1 Å². The number of nitriles is 1. The highest BCUT2D eigenvalue weighted by Gasteiger charge is 2.17. The van der Waals surface area contributed by atoms with E-state index in [4.69, 9.17) is 5.26 Å². The predicted octanol–water partition coefficient (Wildman–Crippen LogP) is 1.46. The quantitative estimate of drug-likeness (QED) is 0.804. The van der Waals surface area contributed by atoms with Gasteiger partial charge in [0.15, 0.2) is 0 Å². The summed E-state index contributed by atoms with van der Waals surface area (Å²) in [5.74, 6) is -0.531. The van der Waals surface area contributed by atoms with Crippen LogP contribution in [0, 0.1) is 17.1 Å². The van der Waals surface area contributed by atoms with Crippen LogP contribution < -0.4 is 5.32 Å². The lowest BCUT2D eigenvalue weighted by Gasteiger charge is -2.24. The zero-order chi connectivity index (χ0) is 13.5. The minimum atomic E-state index is -0.283. The van der Waals surface area contributed by atoms with Gasteiger partial charge in [-0.15, -0.1) is 0 Å². The van der Waals surface area contributed by atoms with Crippen LogP contribution in [0.1, 0.15) is 18.5 Å². The Bertz CT molecular complexity index is 456. The van der Waals surface area contributed by atoms with Gasteiger partial charge in [0.05, 0.1) is 12.6 Å². The van der Waals surface area contributed by atoms with E-state index in [1.54, 1.807) is 30.1 Å². The molecular weight excluding hydrogens is 233 g/mol. The number of hydrogen-bond donors (Lipinski definition) is 1. The molecule has 18 heavy (non-hydrogen) atoms. The molecule has 1 atom stereocenters. The van der Waals surface area contributed by atoms with Gasteiger partial charge in [0, 0.05) is 11.6 Å². The first-order chi connectivity index (χ1) is 8.56. The summed E-state index contributed by atoms with van der Waals surface area (Å²) in [4.78, 5) is 13.2. The molecule has 0 heterocycles. The number of amides is 1. The van der Waals surface area contributed by atoms with Crippen molar-refractivity contribution in [3.63, 3.8) is 0 Å². The second kappa shape index (κ2) is 6.72. The number of carbonyl (C=O) groups excluding carboxylic acids is 1. The van der Waals surface area contributed by atoms with Gasteiger partial charge in [0.1, 0.15) is 12.4 Å². The van der Waals surface area contributed by atoms with Crippen LogP contribution in [0.2, 0.25) is 0 Å². The summed E-state index contributed by atoms with van der Waals surface area (Å²) in [5.41, 5.74) is 0.549. The van der Waals surface area contributed by atoms with Crippen molar-refractivity contribution in [2.24, 2.45) is 0 Å². The molecule has 0 fully saturated rings. The lowest BCUT2D eigenvalue weighted by atomic mass is 10.1. The normalized spacial score (nSPS) is 11.9. The van der Waals surface area contributed by atoms with Crippen molar-refractivity contribution in [3.8, 4) is 6.07 Å². The summed E-state index contributed by atoms with van der Waals surface area (Å²) < 4.78 is 13.6. The van der Waals surface area contributed by atoms with Crippen molar-refractivity contribution in [2.45, 2.75) is 13.0 Å². The molecular formula is C13H16FN3O. The van der Waals surface area contributed by atoms with Gasteiger partial charge in [0.2, 0.25) is 5.91 Å². The Hall–Kier alpha value is -1.93. The standard InChI is InChI=1S/C13H16FN3O/c1-10(11-5-3-4-6-12(11)14)17(2)9-13(18)16-8-7-15/h3-6,10H,8-9H2,1-2H3,(H,16,18). The molecule has 1 N–H and O–H groups in total. The Balaban J connectivity index is 2.62. The molecule has 0 radical (unpaired) electrons. The second-order valence-electron chi connectivity index (χ2n) is 4.05. The molecule has 5 heteroatoms. The van der Waals surface area contributed by atoms with Crippen molar-refractivity contribution in [1.29, 1.82) is 5.26 Å².